The van der Waals surface area contributed by atoms with Crippen molar-refractivity contribution in [1.82, 2.24) is 14.3 Å². The molecule has 4 rings (SSSR count). The van der Waals surface area contributed by atoms with Crippen LogP contribution in [0.4, 0.5) is 10.1 Å². The summed E-state index contributed by atoms with van der Waals surface area (Å²) in [5, 5.41) is 3.30. The molecule has 2 aromatic carbocycles. The summed E-state index contributed by atoms with van der Waals surface area (Å²) in [5.74, 6) is -1.79. The normalized spacial score (nSPS) is 21.0. The molecule has 2 fully saturated rings. The molecule has 1 aliphatic carbocycles. The number of halogens is 2. The number of carbonyl (C=O) groups is 2. The van der Waals surface area contributed by atoms with E-state index in [2.05, 4.69) is 10.0 Å². The summed E-state index contributed by atoms with van der Waals surface area (Å²) >= 11 is 6.48. The zero-order valence-electron chi connectivity index (χ0n) is 20.0. The number of nitrogens with one attached hydrogen (secondary N) is 2. The van der Waals surface area contributed by atoms with E-state index < -0.39 is 40.4 Å². The van der Waals surface area contributed by atoms with Gasteiger partial charge in [0.15, 0.2) is 0 Å². The average Bonchev–Trinajstić information content (AvgIpc) is 3.60. The van der Waals surface area contributed by atoms with Gasteiger partial charge in [0.05, 0.1) is 6.54 Å². The van der Waals surface area contributed by atoms with Crippen molar-refractivity contribution in [2.45, 2.75) is 57.2 Å². The molecule has 1 aliphatic heterocycles. The van der Waals surface area contributed by atoms with Crippen LogP contribution in [0.25, 0.3) is 0 Å². The Morgan fingerprint density at radius 3 is 2.47 bits per heavy atom. The monoisotopic (exact) mass is 536 g/mol. The highest BCUT2D eigenvalue weighted by Crippen LogP contribution is 2.33. The Bertz CT molecular complexity index is 1220. The fraction of sp³-hybridized carbons (Fsp3) is 0.440. The van der Waals surface area contributed by atoms with E-state index in [1.807, 2.05) is 0 Å². The molecule has 2 N–H and O–H groups in total. The summed E-state index contributed by atoms with van der Waals surface area (Å²) < 4.78 is 42.8. The second kappa shape index (κ2) is 11.2. The smallest absolute Gasteiger partial charge is 0.280 e. The maximum atomic E-state index is 14.3. The van der Waals surface area contributed by atoms with E-state index in [1.165, 1.54) is 22.5 Å². The standard InChI is InChI=1S/C25H30ClFN4O4S/c1-17-16-30(17)36(34,35)28-15-23(32)31(20-11-7-8-18(27)14-20)24(21-12-5-6-13-22(21)26)25(33)29-19-9-3-2-4-10-19/h5-8,11-14,17,19,24,28H,2-4,9-10,15-16H2,1H3,(H,29,33)/t17-,24+,30?/m1/s1. The minimum absolute atomic E-state index is 0.0524. The molecule has 0 radical (unpaired) electrons. The van der Waals surface area contributed by atoms with Gasteiger partial charge in [-0.3, -0.25) is 14.5 Å². The second-order valence-electron chi connectivity index (χ2n) is 9.26. The Balaban J connectivity index is 1.70. The number of carbonyl (C=O) groups excluding carboxylic acids is 2. The lowest BCUT2D eigenvalue weighted by molar-refractivity contribution is -0.127. The van der Waals surface area contributed by atoms with Crippen molar-refractivity contribution >= 4 is 39.3 Å². The molecule has 1 heterocycles. The topological polar surface area (TPSA) is 98.6 Å². The van der Waals surface area contributed by atoms with Gasteiger partial charge >= 0.3 is 0 Å². The zero-order valence-corrected chi connectivity index (χ0v) is 21.6. The van der Waals surface area contributed by atoms with E-state index in [0.29, 0.717) is 12.1 Å². The van der Waals surface area contributed by atoms with Crippen molar-refractivity contribution in [1.29, 1.82) is 0 Å². The van der Waals surface area contributed by atoms with Gasteiger partial charge in [-0.15, -0.1) is 0 Å². The zero-order chi connectivity index (χ0) is 25.9. The number of hydrogen-bond donors (Lipinski definition) is 2. The highest BCUT2D eigenvalue weighted by molar-refractivity contribution is 7.87. The number of nitrogens with zero attached hydrogens (tertiary/aromatic N) is 2. The molecule has 36 heavy (non-hydrogen) atoms. The van der Waals surface area contributed by atoms with Crippen LogP contribution in [-0.4, -0.2) is 49.7 Å². The van der Waals surface area contributed by atoms with E-state index in [4.69, 9.17) is 11.6 Å². The molecule has 1 saturated carbocycles. The fourth-order valence-electron chi connectivity index (χ4n) is 4.55. The maximum absolute atomic E-state index is 14.3. The lowest BCUT2D eigenvalue weighted by Gasteiger charge is -2.34. The van der Waals surface area contributed by atoms with Gasteiger partial charge < -0.3 is 5.32 Å². The van der Waals surface area contributed by atoms with Gasteiger partial charge in [0.1, 0.15) is 11.9 Å². The predicted molar refractivity (Wildman–Crippen MR) is 136 cm³/mol. The lowest BCUT2D eigenvalue weighted by atomic mass is 9.94. The average molecular weight is 537 g/mol. The van der Waals surface area contributed by atoms with Gasteiger partial charge in [-0.1, -0.05) is 55.1 Å². The third-order valence-corrected chi connectivity index (χ3v) is 8.51. The first-order valence-electron chi connectivity index (χ1n) is 12.1. The molecular weight excluding hydrogens is 507 g/mol. The van der Waals surface area contributed by atoms with Crippen molar-refractivity contribution in [3.8, 4) is 0 Å². The summed E-state index contributed by atoms with van der Waals surface area (Å²) in [6.45, 7) is 1.51. The third kappa shape index (κ3) is 6.23. The van der Waals surface area contributed by atoms with E-state index in [-0.39, 0.29) is 22.8 Å². The third-order valence-electron chi connectivity index (χ3n) is 6.53. The molecular formula is C25H30ClFN4O4S. The Hall–Kier alpha value is -2.53. The van der Waals surface area contributed by atoms with Gasteiger partial charge in [-0.05, 0) is 44.0 Å². The van der Waals surface area contributed by atoms with Crippen molar-refractivity contribution in [3.63, 3.8) is 0 Å². The maximum Gasteiger partial charge on any atom is 0.280 e. The molecule has 8 nitrogen and oxygen atoms in total. The predicted octanol–water partition coefficient (Wildman–Crippen LogP) is 3.54. The molecule has 0 spiro atoms. The van der Waals surface area contributed by atoms with Gasteiger partial charge in [0.2, 0.25) is 11.8 Å². The molecule has 11 heteroatoms. The summed E-state index contributed by atoms with van der Waals surface area (Å²) in [7, 11) is -3.86. The van der Waals surface area contributed by atoms with Crippen LogP contribution in [0.2, 0.25) is 5.02 Å². The fourth-order valence-corrected chi connectivity index (χ4v) is 6.15. The molecule has 2 aliphatic rings. The Kier molecular flexibility index (Phi) is 8.29. The quantitative estimate of drug-likeness (QED) is 0.479. The van der Waals surface area contributed by atoms with Gasteiger partial charge in [0, 0.05) is 34.9 Å². The SMILES string of the molecule is C[C@@H]1CN1S(=O)(=O)NCC(=O)N(c1cccc(F)c1)[C@H](C(=O)NC1CCCCC1)c1ccccc1Cl. The lowest BCUT2D eigenvalue weighted by Crippen LogP contribution is -2.50. The summed E-state index contributed by atoms with van der Waals surface area (Å²) in [6, 6.07) is 10.5. The molecule has 1 saturated heterocycles. The van der Waals surface area contributed by atoms with Crippen LogP contribution in [0.5, 0.6) is 0 Å². The van der Waals surface area contributed by atoms with Crippen LogP contribution < -0.4 is 14.9 Å². The van der Waals surface area contributed by atoms with Crippen LogP contribution >= 0.6 is 11.6 Å². The highest BCUT2D eigenvalue weighted by atomic mass is 35.5. The van der Waals surface area contributed by atoms with Crippen molar-refractivity contribution in [3.05, 3.63) is 64.9 Å². The van der Waals surface area contributed by atoms with Gasteiger partial charge in [-0.25, -0.2) is 4.39 Å². The van der Waals surface area contributed by atoms with Crippen LogP contribution in [-0.2, 0) is 19.8 Å². The molecule has 1 unspecified atom stereocenters. The number of hydrogen-bond acceptors (Lipinski definition) is 4. The van der Waals surface area contributed by atoms with Crippen molar-refractivity contribution in [2.75, 3.05) is 18.0 Å². The van der Waals surface area contributed by atoms with E-state index in [9.17, 15) is 22.4 Å². The minimum atomic E-state index is -3.86. The first-order valence-corrected chi connectivity index (χ1v) is 13.9. The number of benzene rings is 2. The second-order valence-corrected chi connectivity index (χ2v) is 11.4. The van der Waals surface area contributed by atoms with Crippen molar-refractivity contribution in [2.24, 2.45) is 0 Å². The van der Waals surface area contributed by atoms with Crippen LogP contribution in [0.15, 0.2) is 48.5 Å². The molecule has 194 valence electrons. The van der Waals surface area contributed by atoms with E-state index in [0.717, 1.165) is 43.1 Å². The summed E-state index contributed by atoms with van der Waals surface area (Å²) in [4.78, 5) is 28.4. The molecule has 2 aromatic rings. The van der Waals surface area contributed by atoms with Crippen LogP contribution in [0, 0.1) is 5.82 Å². The highest BCUT2D eigenvalue weighted by Gasteiger charge is 2.41. The minimum Gasteiger partial charge on any atom is -0.351 e. The Morgan fingerprint density at radius 2 is 1.83 bits per heavy atom. The number of rotatable bonds is 9. The largest absolute Gasteiger partial charge is 0.351 e. The summed E-state index contributed by atoms with van der Waals surface area (Å²) in [5.41, 5.74) is 0.468. The Morgan fingerprint density at radius 1 is 1.14 bits per heavy atom. The van der Waals surface area contributed by atoms with Gasteiger partial charge in [-0.2, -0.15) is 17.4 Å². The van der Waals surface area contributed by atoms with Crippen LogP contribution in [0.1, 0.15) is 50.6 Å². The first-order chi connectivity index (χ1) is 17.2. The Labute approximate surface area is 216 Å². The van der Waals surface area contributed by atoms with Crippen molar-refractivity contribution < 1.29 is 22.4 Å². The molecule has 0 bridgehead atoms. The number of amides is 2. The number of anilines is 1. The summed E-state index contributed by atoms with van der Waals surface area (Å²) in [6.07, 6.45) is 4.73. The van der Waals surface area contributed by atoms with E-state index >= 15 is 0 Å². The molecule has 0 aromatic heterocycles. The van der Waals surface area contributed by atoms with E-state index in [1.54, 1.807) is 31.2 Å². The molecule has 2 amide bonds. The van der Waals surface area contributed by atoms with Crippen LogP contribution in [0.3, 0.4) is 0 Å². The van der Waals surface area contributed by atoms with Gasteiger partial charge in [0.25, 0.3) is 10.2 Å². The molecule has 3 atom stereocenters. The first kappa shape index (κ1) is 26.5.